The van der Waals surface area contributed by atoms with E-state index in [0.29, 0.717) is 0 Å². The SMILES string of the molecule is CC(=O)N[C@@H]1C(=O)N(CC#N)c2c(C)ccc(C)c21. The Hall–Kier alpha value is -2.35. The summed E-state index contributed by atoms with van der Waals surface area (Å²) in [7, 11) is 0. The molecule has 5 nitrogen and oxygen atoms in total. The monoisotopic (exact) mass is 257 g/mol. The van der Waals surface area contributed by atoms with E-state index >= 15 is 0 Å². The van der Waals surface area contributed by atoms with Crippen molar-refractivity contribution in [2.75, 3.05) is 11.4 Å². The van der Waals surface area contributed by atoms with Crippen LogP contribution in [0.4, 0.5) is 5.69 Å². The molecule has 0 unspecified atom stereocenters. The Morgan fingerprint density at radius 1 is 1.42 bits per heavy atom. The third kappa shape index (κ3) is 2.06. The van der Waals surface area contributed by atoms with Gasteiger partial charge < -0.3 is 5.32 Å². The third-order valence-electron chi connectivity index (χ3n) is 3.28. The summed E-state index contributed by atoms with van der Waals surface area (Å²) in [6.45, 7) is 5.17. The predicted octanol–water partition coefficient (Wildman–Crippen LogP) is 1.35. The van der Waals surface area contributed by atoms with Crippen LogP contribution in [0.1, 0.15) is 29.7 Å². The van der Waals surface area contributed by atoms with Crippen LogP contribution in [-0.4, -0.2) is 18.4 Å². The first-order valence-electron chi connectivity index (χ1n) is 6.03. The fraction of sp³-hybridized carbons (Fsp3) is 0.357. The second-order valence-corrected chi connectivity index (χ2v) is 4.68. The van der Waals surface area contributed by atoms with Crippen molar-refractivity contribution in [3.05, 3.63) is 28.8 Å². The first-order chi connectivity index (χ1) is 8.97. The van der Waals surface area contributed by atoms with Crippen LogP contribution >= 0.6 is 0 Å². The Labute approximate surface area is 111 Å². The molecule has 0 saturated carbocycles. The lowest BCUT2D eigenvalue weighted by Crippen LogP contribution is -2.36. The number of amides is 2. The van der Waals surface area contributed by atoms with Gasteiger partial charge in [-0.2, -0.15) is 5.26 Å². The van der Waals surface area contributed by atoms with E-state index in [1.165, 1.54) is 11.8 Å². The Balaban J connectivity index is 2.60. The highest BCUT2D eigenvalue weighted by atomic mass is 16.2. The standard InChI is InChI=1S/C14H15N3O2/c1-8-4-5-9(2)13-11(8)12(16-10(3)18)14(19)17(13)7-6-15/h4-5,12H,7H2,1-3H3,(H,16,18)/t12-/m0/s1. The number of carbonyl (C=O) groups excluding carboxylic acids is 2. The number of rotatable bonds is 2. The van der Waals surface area contributed by atoms with E-state index in [0.717, 1.165) is 22.4 Å². The molecule has 2 amide bonds. The first kappa shape index (κ1) is 13.1. The molecule has 1 atom stereocenters. The number of aryl methyl sites for hydroxylation is 2. The van der Waals surface area contributed by atoms with E-state index < -0.39 is 6.04 Å². The minimum absolute atomic E-state index is 0.00773. The van der Waals surface area contributed by atoms with Gasteiger partial charge in [0.2, 0.25) is 5.91 Å². The number of nitriles is 1. The number of hydrogen-bond acceptors (Lipinski definition) is 3. The molecule has 0 aromatic heterocycles. The smallest absolute Gasteiger partial charge is 0.255 e. The lowest BCUT2D eigenvalue weighted by Gasteiger charge is -2.15. The van der Waals surface area contributed by atoms with Crippen molar-refractivity contribution < 1.29 is 9.59 Å². The van der Waals surface area contributed by atoms with Crippen molar-refractivity contribution in [3.63, 3.8) is 0 Å². The maximum absolute atomic E-state index is 12.4. The van der Waals surface area contributed by atoms with E-state index in [9.17, 15) is 9.59 Å². The summed E-state index contributed by atoms with van der Waals surface area (Å²) < 4.78 is 0. The highest BCUT2D eigenvalue weighted by Crippen LogP contribution is 2.40. The zero-order valence-electron chi connectivity index (χ0n) is 11.2. The van der Waals surface area contributed by atoms with Crippen LogP contribution in [0.25, 0.3) is 0 Å². The molecule has 0 radical (unpaired) electrons. The Morgan fingerprint density at radius 2 is 2.05 bits per heavy atom. The summed E-state index contributed by atoms with van der Waals surface area (Å²) in [6, 6.07) is 5.16. The molecule has 5 heteroatoms. The molecule has 0 aliphatic carbocycles. The van der Waals surface area contributed by atoms with Crippen molar-refractivity contribution in [1.29, 1.82) is 5.26 Å². The van der Waals surface area contributed by atoms with E-state index in [1.807, 2.05) is 32.0 Å². The molecule has 98 valence electrons. The van der Waals surface area contributed by atoms with Crippen LogP contribution in [-0.2, 0) is 9.59 Å². The fourth-order valence-electron chi connectivity index (χ4n) is 2.49. The topological polar surface area (TPSA) is 73.2 Å². The molecule has 0 fully saturated rings. The van der Waals surface area contributed by atoms with Crippen LogP contribution < -0.4 is 10.2 Å². The van der Waals surface area contributed by atoms with Gasteiger partial charge >= 0.3 is 0 Å². The minimum Gasteiger partial charge on any atom is -0.341 e. The van der Waals surface area contributed by atoms with Gasteiger partial charge in [0.05, 0.1) is 11.8 Å². The molecular formula is C14H15N3O2. The van der Waals surface area contributed by atoms with Gasteiger partial charge in [-0.1, -0.05) is 12.1 Å². The summed E-state index contributed by atoms with van der Waals surface area (Å²) in [5.74, 6) is -0.506. The van der Waals surface area contributed by atoms with Crippen molar-refractivity contribution in [2.24, 2.45) is 0 Å². The fourth-order valence-corrected chi connectivity index (χ4v) is 2.49. The number of fused-ring (bicyclic) bond motifs is 1. The van der Waals surface area contributed by atoms with Gasteiger partial charge in [0.1, 0.15) is 12.6 Å². The molecule has 1 N–H and O–H groups in total. The molecule has 0 saturated heterocycles. The van der Waals surface area contributed by atoms with Crippen LogP contribution in [0.5, 0.6) is 0 Å². The molecule has 1 aliphatic heterocycles. The van der Waals surface area contributed by atoms with Crippen LogP contribution in [0, 0.1) is 25.2 Å². The van der Waals surface area contributed by atoms with Crippen LogP contribution in [0.2, 0.25) is 0 Å². The molecule has 1 aromatic rings. The zero-order valence-corrected chi connectivity index (χ0v) is 11.2. The number of anilines is 1. The predicted molar refractivity (Wildman–Crippen MR) is 70.4 cm³/mol. The number of carbonyl (C=O) groups is 2. The number of hydrogen-bond donors (Lipinski definition) is 1. The highest BCUT2D eigenvalue weighted by molar-refractivity contribution is 6.07. The van der Waals surface area contributed by atoms with Gasteiger partial charge in [0.25, 0.3) is 5.91 Å². The summed E-state index contributed by atoms with van der Waals surface area (Å²) in [5, 5.41) is 11.5. The highest BCUT2D eigenvalue weighted by Gasteiger charge is 2.39. The Bertz CT molecular complexity index is 601. The third-order valence-corrected chi connectivity index (χ3v) is 3.28. The van der Waals surface area contributed by atoms with E-state index in [2.05, 4.69) is 5.32 Å². The molecule has 1 aliphatic rings. The van der Waals surface area contributed by atoms with Gasteiger partial charge in [-0.3, -0.25) is 14.5 Å². The maximum Gasteiger partial charge on any atom is 0.255 e. The lowest BCUT2D eigenvalue weighted by atomic mass is 9.99. The van der Waals surface area contributed by atoms with E-state index in [-0.39, 0.29) is 18.4 Å². The average molecular weight is 257 g/mol. The normalized spacial score (nSPS) is 17.1. The molecule has 2 rings (SSSR count). The van der Waals surface area contributed by atoms with Gasteiger partial charge in [0, 0.05) is 12.5 Å². The quantitative estimate of drug-likeness (QED) is 0.813. The number of nitrogens with one attached hydrogen (secondary N) is 1. The summed E-state index contributed by atoms with van der Waals surface area (Å²) in [5.41, 5.74) is 3.42. The van der Waals surface area contributed by atoms with Crippen LogP contribution in [0.3, 0.4) is 0 Å². The molecule has 1 aromatic carbocycles. The van der Waals surface area contributed by atoms with Crippen molar-refractivity contribution >= 4 is 17.5 Å². The number of benzene rings is 1. The summed E-state index contributed by atoms with van der Waals surface area (Å²) in [6.07, 6.45) is 0. The lowest BCUT2D eigenvalue weighted by molar-refractivity contribution is -0.126. The molecule has 0 spiro atoms. The zero-order chi connectivity index (χ0) is 14.2. The minimum atomic E-state index is -0.680. The van der Waals surface area contributed by atoms with Crippen molar-refractivity contribution in [3.8, 4) is 6.07 Å². The average Bonchev–Trinajstić information content (AvgIpc) is 2.60. The Kier molecular flexibility index (Phi) is 3.26. The second-order valence-electron chi connectivity index (χ2n) is 4.68. The van der Waals surface area contributed by atoms with Crippen LogP contribution in [0.15, 0.2) is 12.1 Å². The first-order valence-corrected chi connectivity index (χ1v) is 6.03. The largest absolute Gasteiger partial charge is 0.341 e. The second kappa shape index (κ2) is 4.73. The maximum atomic E-state index is 12.4. The van der Waals surface area contributed by atoms with Gasteiger partial charge in [-0.15, -0.1) is 0 Å². The summed E-state index contributed by atoms with van der Waals surface area (Å²) in [4.78, 5) is 25.1. The summed E-state index contributed by atoms with van der Waals surface area (Å²) >= 11 is 0. The van der Waals surface area contributed by atoms with E-state index in [4.69, 9.17) is 5.26 Å². The molecular weight excluding hydrogens is 242 g/mol. The van der Waals surface area contributed by atoms with Crippen molar-refractivity contribution in [1.82, 2.24) is 5.32 Å². The van der Waals surface area contributed by atoms with Gasteiger partial charge in [-0.05, 0) is 25.0 Å². The Morgan fingerprint density at radius 3 is 2.63 bits per heavy atom. The van der Waals surface area contributed by atoms with Gasteiger partial charge in [0.15, 0.2) is 0 Å². The van der Waals surface area contributed by atoms with Crippen molar-refractivity contribution in [2.45, 2.75) is 26.8 Å². The van der Waals surface area contributed by atoms with E-state index in [1.54, 1.807) is 0 Å². The molecule has 1 heterocycles. The molecule has 19 heavy (non-hydrogen) atoms. The number of nitrogens with zero attached hydrogens (tertiary/aromatic N) is 2. The van der Waals surface area contributed by atoms with Gasteiger partial charge in [-0.25, -0.2) is 0 Å². The molecule has 0 bridgehead atoms.